The Morgan fingerprint density at radius 2 is 2.11 bits per heavy atom. The van der Waals surface area contributed by atoms with Crippen LogP contribution in [0.1, 0.15) is 17.8 Å². The molecule has 0 aromatic carbocycles. The first-order valence-corrected chi connectivity index (χ1v) is 5.89. The monoisotopic (exact) mass is 277 g/mol. The summed E-state index contributed by atoms with van der Waals surface area (Å²) in [6, 6.07) is 1.77. The summed E-state index contributed by atoms with van der Waals surface area (Å²) >= 11 is 5.71. The second-order valence-corrected chi connectivity index (χ2v) is 4.25. The van der Waals surface area contributed by atoms with Gasteiger partial charge in [0.15, 0.2) is 5.65 Å². The summed E-state index contributed by atoms with van der Waals surface area (Å²) in [5.74, 6) is 0.478. The molecule has 0 aliphatic rings. The highest BCUT2D eigenvalue weighted by molar-refractivity contribution is 6.16. The molecule has 3 nitrogen and oxygen atoms in total. The van der Waals surface area contributed by atoms with Gasteiger partial charge in [0.05, 0.1) is 12.3 Å². The molecule has 0 N–H and O–H groups in total. The van der Waals surface area contributed by atoms with Crippen molar-refractivity contribution in [1.29, 1.82) is 0 Å². The van der Waals surface area contributed by atoms with Gasteiger partial charge in [-0.05, 0) is 18.6 Å². The topological polar surface area (TPSA) is 30.7 Å². The molecule has 18 heavy (non-hydrogen) atoms. The molecule has 0 bridgehead atoms. The van der Waals surface area contributed by atoms with Crippen molar-refractivity contribution >= 4 is 22.8 Å². The number of fused-ring (bicyclic) bond motifs is 1. The Balaban J connectivity index is 2.44. The van der Waals surface area contributed by atoms with E-state index in [9.17, 15) is 13.2 Å². The van der Waals surface area contributed by atoms with E-state index in [-0.39, 0.29) is 12.4 Å². The third-order valence-corrected chi connectivity index (χ3v) is 2.89. The summed E-state index contributed by atoms with van der Waals surface area (Å²) in [6.07, 6.45) is -3.57. The van der Waals surface area contributed by atoms with Gasteiger partial charge in [0, 0.05) is 12.7 Å². The van der Waals surface area contributed by atoms with Gasteiger partial charge >= 0.3 is 6.18 Å². The van der Waals surface area contributed by atoms with Crippen LogP contribution in [0, 0.1) is 6.92 Å². The van der Waals surface area contributed by atoms with Crippen LogP contribution >= 0.6 is 11.6 Å². The zero-order valence-corrected chi connectivity index (χ0v) is 10.4. The molecule has 0 radical (unpaired) electrons. The lowest BCUT2D eigenvalue weighted by molar-refractivity contribution is -0.136. The highest BCUT2D eigenvalue weighted by Gasteiger charge is 2.27. The third-order valence-electron chi connectivity index (χ3n) is 2.65. The number of aromatic nitrogens is 3. The molecule has 0 aliphatic carbocycles. The van der Waals surface area contributed by atoms with Gasteiger partial charge in [-0.15, -0.1) is 11.6 Å². The fourth-order valence-corrected chi connectivity index (χ4v) is 1.96. The molecule has 0 unspecified atom stereocenters. The summed E-state index contributed by atoms with van der Waals surface area (Å²) in [6.45, 7) is 1.63. The van der Waals surface area contributed by atoms with E-state index < -0.39 is 12.6 Å². The summed E-state index contributed by atoms with van der Waals surface area (Å²) < 4.78 is 38.3. The standard InChI is InChI=1S/C11H11ClF3N3/c1-7-2-4-16-10-9(7)17-8(6-12)18(10)5-3-11(13,14)15/h2,4H,3,5-6H2,1H3. The van der Waals surface area contributed by atoms with E-state index in [0.29, 0.717) is 17.0 Å². The summed E-state index contributed by atoms with van der Waals surface area (Å²) in [7, 11) is 0. The van der Waals surface area contributed by atoms with E-state index in [1.54, 1.807) is 12.3 Å². The predicted octanol–water partition coefficient (Wildman–Crippen LogP) is 3.43. The second kappa shape index (κ2) is 4.76. The van der Waals surface area contributed by atoms with Gasteiger partial charge in [0.25, 0.3) is 0 Å². The van der Waals surface area contributed by atoms with Gasteiger partial charge in [-0.3, -0.25) is 0 Å². The molecule has 2 heterocycles. The Morgan fingerprint density at radius 3 is 2.72 bits per heavy atom. The van der Waals surface area contributed by atoms with Crippen LogP contribution in [0.15, 0.2) is 12.3 Å². The van der Waals surface area contributed by atoms with Crippen LogP contribution in [0.4, 0.5) is 13.2 Å². The van der Waals surface area contributed by atoms with Gasteiger partial charge in [0.1, 0.15) is 11.3 Å². The van der Waals surface area contributed by atoms with Crippen LogP contribution in [0.3, 0.4) is 0 Å². The lowest BCUT2D eigenvalue weighted by Gasteiger charge is -2.09. The zero-order valence-electron chi connectivity index (χ0n) is 9.63. The smallest absolute Gasteiger partial charge is 0.311 e. The van der Waals surface area contributed by atoms with Gasteiger partial charge in [-0.25, -0.2) is 9.97 Å². The van der Waals surface area contributed by atoms with Crippen molar-refractivity contribution in [1.82, 2.24) is 14.5 Å². The largest absolute Gasteiger partial charge is 0.390 e. The number of aryl methyl sites for hydroxylation is 2. The average Bonchev–Trinajstić information content (AvgIpc) is 2.65. The van der Waals surface area contributed by atoms with E-state index in [1.165, 1.54) is 4.57 Å². The molecule has 0 saturated carbocycles. The van der Waals surface area contributed by atoms with Gasteiger partial charge in [-0.1, -0.05) is 0 Å². The van der Waals surface area contributed by atoms with Crippen LogP contribution in [0.25, 0.3) is 11.2 Å². The van der Waals surface area contributed by atoms with E-state index in [1.807, 2.05) is 6.92 Å². The number of pyridine rings is 1. The van der Waals surface area contributed by atoms with Crippen molar-refractivity contribution in [3.63, 3.8) is 0 Å². The number of halogens is 4. The van der Waals surface area contributed by atoms with Gasteiger partial charge in [0.2, 0.25) is 0 Å². The van der Waals surface area contributed by atoms with E-state index in [4.69, 9.17) is 11.6 Å². The fourth-order valence-electron chi connectivity index (χ4n) is 1.76. The number of rotatable bonds is 3. The number of nitrogens with zero attached hydrogens (tertiary/aromatic N) is 3. The first-order valence-electron chi connectivity index (χ1n) is 5.36. The first kappa shape index (κ1) is 13.1. The molecule has 98 valence electrons. The lowest BCUT2D eigenvalue weighted by Crippen LogP contribution is -2.13. The number of alkyl halides is 4. The number of hydrogen-bond donors (Lipinski definition) is 0. The molecule has 0 saturated heterocycles. The van der Waals surface area contributed by atoms with Crippen molar-refractivity contribution in [2.45, 2.75) is 31.9 Å². The van der Waals surface area contributed by atoms with Crippen molar-refractivity contribution in [3.05, 3.63) is 23.7 Å². The average molecular weight is 278 g/mol. The van der Waals surface area contributed by atoms with Crippen LogP contribution in [0.2, 0.25) is 0 Å². The quantitative estimate of drug-likeness (QED) is 0.805. The zero-order chi connectivity index (χ0) is 13.3. The van der Waals surface area contributed by atoms with Gasteiger partial charge < -0.3 is 4.57 Å². The minimum Gasteiger partial charge on any atom is -0.311 e. The molecular weight excluding hydrogens is 267 g/mol. The minimum absolute atomic E-state index is 0.0632. The third kappa shape index (κ3) is 2.58. The fraction of sp³-hybridized carbons (Fsp3) is 0.455. The maximum absolute atomic E-state index is 12.3. The Morgan fingerprint density at radius 1 is 1.39 bits per heavy atom. The number of imidazole rings is 1. The van der Waals surface area contributed by atoms with E-state index in [0.717, 1.165) is 5.56 Å². The summed E-state index contributed by atoms with van der Waals surface area (Å²) in [4.78, 5) is 8.32. The normalized spacial score (nSPS) is 12.3. The maximum Gasteiger partial charge on any atom is 0.390 e. The molecule has 0 atom stereocenters. The number of hydrogen-bond acceptors (Lipinski definition) is 2. The molecule has 0 spiro atoms. The Labute approximate surface area is 107 Å². The second-order valence-electron chi connectivity index (χ2n) is 3.98. The highest BCUT2D eigenvalue weighted by Crippen LogP contribution is 2.24. The summed E-state index contributed by atoms with van der Waals surface area (Å²) in [5, 5.41) is 0. The van der Waals surface area contributed by atoms with Crippen LogP contribution in [-0.4, -0.2) is 20.7 Å². The molecule has 0 aliphatic heterocycles. The van der Waals surface area contributed by atoms with E-state index >= 15 is 0 Å². The van der Waals surface area contributed by atoms with Crippen molar-refractivity contribution < 1.29 is 13.2 Å². The molecule has 0 fully saturated rings. The first-order chi connectivity index (χ1) is 8.42. The molecule has 0 amide bonds. The minimum atomic E-state index is -4.20. The van der Waals surface area contributed by atoms with Crippen molar-refractivity contribution in [2.24, 2.45) is 0 Å². The Bertz CT molecular complexity index is 562. The molecule has 7 heteroatoms. The molecule has 2 rings (SSSR count). The van der Waals surface area contributed by atoms with Crippen LogP contribution < -0.4 is 0 Å². The Hall–Kier alpha value is -1.30. The van der Waals surface area contributed by atoms with E-state index in [2.05, 4.69) is 9.97 Å². The molecule has 2 aromatic rings. The van der Waals surface area contributed by atoms with Crippen LogP contribution in [-0.2, 0) is 12.4 Å². The lowest BCUT2D eigenvalue weighted by atomic mass is 10.3. The highest BCUT2D eigenvalue weighted by atomic mass is 35.5. The Kier molecular flexibility index (Phi) is 3.47. The predicted molar refractivity (Wildman–Crippen MR) is 62.5 cm³/mol. The molecule has 2 aromatic heterocycles. The maximum atomic E-state index is 12.3. The van der Waals surface area contributed by atoms with Crippen LogP contribution in [0.5, 0.6) is 0 Å². The van der Waals surface area contributed by atoms with Crippen molar-refractivity contribution in [3.8, 4) is 0 Å². The molecular formula is C11H11ClF3N3. The van der Waals surface area contributed by atoms with Gasteiger partial charge in [-0.2, -0.15) is 13.2 Å². The van der Waals surface area contributed by atoms with Crippen molar-refractivity contribution in [2.75, 3.05) is 0 Å². The summed E-state index contributed by atoms with van der Waals surface area (Å²) in [5.41, 5.74) is 1.93. The SMILES string of the molecule is Cc1ccnc2c1nc(CCl)n2CCC(F)(F)F.